The van der Waals surface area contributed by atoms with Gasteiger partial charge in [0.1, 0.15) is 0 Å². The van der Waals surface area contributed by atoms with Crippen molar-refractivity contribution in [3.63, 3.8) is 0 Å². The van der Waals surface area contributed by atoms with Gasteiger partial charge in [0.05, 0.1) is 0 Å². The van der Waals surface area contributed by atoms with Gasteiger partial charge in [0.2, 0.25) is 0 Å². The molecule has 1 aliphatic carbocycles. The van der Waals surface area contributed by atoms with Gasteiger partial charge in [0.15, 0.2) is 0 Å². The lowest BCUT2D eigenvalue weighted by Gasteiger charge is -2.05. The zero-order valence-electron chi connectivity index (χ0n) is 8.99. The van der Waals surface area contributed by atoms with Gasteiger partial charge < -0.3 is 6.15 Å². The molecule has 14 heavy (non-hydrogen) atoms. The number of rotatable bonds is 0. The van der Waals surface area contributed by atoms with Crippen LogP contribution in [0.5, 0.6) is 0 Å². The Morgan fingerprint density at radius 1 is 0.643 bits per heavy atom. The monoisotopic (exact) mass is 214 g/mol. The Kier molecular flexibility index (Phi) is 14.3. The number of pyridine rings is 1. The molecule has 1 aromatic heterocycles. The second kappa shape index (κ2) is 12.5. The Labute approximate surface area is 90.7 Å². The third-order valence-electron chi connectivity index (χ3n) is 2.07. The van der Waals surface area contributed by atoms with Gasteiger partial charge in [-0.2, -0.15) is 9.90 Å². The van der Waals surface area contributed by atoms with Crippen LogP contribution >= 0.6 is 9.90 Å². The molecule has 0 saturated heterocycles. The first-order chi connectivity index (χ1) is 6.00. The van der Waals surface area contributed by atoms with Crippen LogP contribution in [0, 0.1) is 0 Å². The fraction of sp³-hybridized carbons (Fsp3) is 0.545. The van der Waals surface area contributed by atoms with E-state index in [1.165, 1.54) is 38.5 Å². The first-order valence-electron chi connectivity index (χ1n) is 4.85. The van der Waals surface area contributed by atoms with Gasteiger partial charge in [0.25, 0.3) is 0 Å². The molecule has 0 aromatic carbocycles. The predicted molar refractivity (Wildman–Crippen MR) is 68.1 cm³/mol. The van der Waals surface area contributed by atoms with Crippen molar-refractivity contribution in [1.82, 2.24) is 11.1 Å². The Morgan fingerprint density at radius 2 is 1.00 bits per heavy atom. The van der Waals surface area contributed by atoms with Crippen molar-refractivity contribution in [1.29, 1.82) is 0 Å². The zero-order chi connectivity index (χ0) is 8.49. The van der Waals surface area contributed by atoms with Crippen molar-refractivity contribution >= 4 is 9.90 Å². The highest BCUT2D eigenvalue weighted by atomic mass is 31.0. The van der Waals surface area contributed by atoms with Crippen LogP contribution in [-0.2, 0) is 0 Å². The Hall–Kier alpha value is -0.460. The summed E-state index contributed by atoms with van der Waals surface area (Å²) in [5, 5.41) is 0. The predicted octanol–water partition coefficient (Wildman–Crippen LogP) is 3.64. The second-order valence-electron chi connectivity index (χ2n) is 3.15. The lowest BCUT2D eigenvalue weighted by atomic mass is 10.0. The summed E-state index contributed by atoms with van der Waals surface area (Å²) in [6, 6.07) is 5.72. The van der Waals surface area contributed by atoms with E-state index in [2.05, 4.69) is 4.98 Å². The minimum atomic E-state index is 0. The molecule has 2 rings (SSSR count). The molecule has 2 nitrogen and oxygen atoms in total. The van der Waals surface area contributed by atoms with Crippen LogP contribution in [0.4, 0.5) is 0 Å². The van der Waals surface area contributed by atoms with Crippen LogP contribution in [-0.4, -0.2) is 4.98 Å². The van der Waals surface area contributed by atoms with Gasteiger partial charge in [-0.3, -0.25) is 4.98 Å². The average Bonchev–Trinajstić information content (AvgIpc) is 2.24. The van der Waals surface area contributed by atoms with Gasteiger partial charge in [-0.05, 0) is 12.1 Å². The van der Waals surface area contributed by atoms with Crippen molar-refractivity contribution in [2.75, 3.05) is 0 Å². The molecule has 1 aromatic rings. The molecule has 3 N–H and O–H groups in total. The van der Waals surface area contributed by atoms with E-state index < -0.39 is 0 Å². The van der Waals surface area contributed by atoms with Gasteiger partial charge in [-0.1, -0.05) is 44.6 Å². The Morgan fingerprint density at radius 3 is 1.14 bits per heavy atom. The fourth-order valence-electron chi connectivity index (χ4n) is 1.37. The molecule has 0 aliphatic heterocycles. The highest BCUT2D eigenvalue weighted by molar-refractivity contribution is 6.92. The molecule has 0 bridgehead atoms. The molecule has 1 heterocycles. The summed E-state index contributed by atoms with van der Waals surface area (Å²) in [4.78, 5) is 3.78. The molecule has 0 radical (unpaired) electrons. The van der Waals surface area contributed by atoms with Gasteiger partial charge in [-0.25, -0.2) is 0 Å². The van der Waals surface area contributed by atoms with Gasteiger partial charge >= 0.3 is 0 Å². The maximum atomic E-state index is 3.78. The van der Waals surface area contributed by atoms with Crippen molar-refractivity contribution in [3.05, 3.63) is 30.6 Å². The Balaban J connectivity index is 0. The lowest BCUT2D eigenvalue weighted by molar-refractivity contribution is 0.504. The van der Waals surface area contributed by atoms with Crippen LogP contribution in [0.25, 0.3) is 0 Å². The topological polar surface area (TPSA) is 47.9 Å². The molecular weight excluding hydrogens is 191 g/mol. The van der Waals surface area contributed by atoms with E-state index in [-0.39, 0.29) is 16.0 Å². The largest absolute Gasteiger partial charge is 0.344 e. The van der Waals surface area contributed by atoms with Crippen LogP contribution in [0.15, 0.2) is 30.6 Å². The molecule has 3 heteroatoms. The van der Waals surface area contributed by atoms with Gasteiger partial charge in [-0.15, -0.1) is 0 Å². The third kappa shape index (κ3) is 9.63. The van der Waals surface area contributed by atoms with E-state index in [4.69, 9.17) is 0 Å². The first-order valence-corrected chi connectivity index (χ1v) is 4.85. The molecule has 1 unspecified atom stereocenters. The molecule has 0 spiro atoms. The van der Waals surface area contributed by atoms with Crippen LogP contribution in [0.1, 0.15) is 38.5 Å². The third-order valence-corrected chi connectivity index (χ3v) is 2.07. The molecule has 1 aliphatic rings. The molecule has 82 valence electrons. The quantitative estimate of drug-likeness (QED) is 0.670. The Bertz CT molecular complexity index is 138. The maximum absolute atomic E-state index is 3.78. The molecule has 1 saturated carbocycles. The van der Waals surface area contributed by atoms with Crippen molar-refractivity contribution < 1.29 is 0 Å². The summed E-state index contributed by atoms with van der Waals surface area (Å²) in [6.07, 6.45) is 12.5. The smallest absolute Gasteiger partial charge is 0.0267 e. The molecule has 1 fully saturated rings. The van der Waals surface area contributed by atoms with E-state index in [0.29, 0.717) is 0 Å². The molecule has 1 atom stereocenters. The number of hydrogen-bond donors (Lipinski definition) is 1. The minimum Gasteiger partial charge on any atom is -0.344 e. The second-order valence-corrected chi connectivity index (χ2v) is 3.15. The van der Waals surface area contributed by atoms with Crippen molar-refractivity contribution in [3.8, 4) is 0 Å². The van der Waals surface area contributed by atoms with E-state index in [9.17, 15) is 0 Å². The number of aromatic nitrogens is 1. The van der Waals surface area contributed by atoms with Crippen LogP contribution in [0.3, 0.4) is 0 Å². The van der Waals surface area contributed by atoms with Crippen molar-refractivity contribution in [2.45, 2.75) is 38.5 Å². The highest BCUT2D eigenvalue weighted by Crippen LogP contribution is 2.15. The summed E-state index contributed by atoms with van der Waals surface area (Å²) >= 11 is 0. The minimum absolute atomic E-state index is 0. The molecular formula is C11H23N2P. The summed E-state index contributed by atoms with van der Waals surface area (Å²) in [6.45, 7) is 0. The van der Waals surface area contributed by atoms with Gasteiger partial charge in [0, 0.05) is 12.4 Å². The van der Waals surface area contributed by atoms with E-state index in [1.807, 2.05) is 18.2 Å². The fourth-order valence-corrected chi connectivity index (χ4v) is 1.37. The number of hydrogen-bond acceptors (Lipinski definition) is 2. The normalized spacial score (nSPS) is 13.7. The summed E-state index contributed by atoms with van der Waals surface area (Å²) in [5.41, 5.74) is 0. The van der Waals surface area contributed by atoms with Crippen LogP contribution < -0.4 is 6.15 Å². The lowest BCUT2D eigenvalue weighted by Crippen LogP contribution is -1.85. The summed E-state index contributed by atoms with van der Waals surface area (Å²) in [5.74, 6) is 0. The number of nitrogens with zero attached hydrogens (tertiary/aromatic N) is 1. The highest BCUT2D eigenvalue weighted by Gasteiger charge is 1.95. The standard InChI is InChI=1S/C6H12.C5H5N.H3N.H3P/c2*1-2-4-6-5-3-1;;/h1-6H2;1-5H;2*1H3. The van der Waals surface area contributed by atoms with Crippen molar-refractivity contribution in [2.24, 2.45) is 0 Å². The van der Waals surface area contributed by atoms with E-state index >= 15 is 0 Å². The summed E-state index contributed by atoms with van der Waals surface area (Å²) < 4.78 is 0. The zero-order valence-corrected chi connectivity index (χ0v) is 10.4. The van der Waals surface area contributed by atoms with E-state index in [1.54, 1.807) is 12.4 Å². The van der Waals surface area contributed by atoms with E-state index in [0.717, 1.165) is 0 Å². The first kappa shape index (κ1) is 16.0. The SMILES string of the molecule is C1CCCCC1.N.P.c1ccncc1. The maximum Gasteiger partial charge on any atom is 0.0267 e. The molecule has 0 amide bonds. The summed E-state index contributed by atoms with van der Waals surface area (Å²) in [7, 11) is 0. The van der Waals surface area contributed by atoms with Crippen LogP contribution in [0.2, 0.25) is 0 Å². The average molecular weight is 214 g/mol.